The van der Waals surface area contributed by atoms with Crippen molar-refractivity contribution < 1.29 is 9.53 Å². The molecule has 0 radical (unpaired) electrons. The Labute approximate surface area is 145 Å². The molecule has 1 aromatic rings. The van der Waals surface area contributed by atoms with E-state index in [1.54, 1.807) is 6.20 Å². The SMILES string of the molecule is CCCOC(=O)c1ncccc1N(C)C1C2(C)CCC(C2)C1(C)C. The Morgan fingerprint density at radius 1 is 1.42 bits per heavy atom. The minimum Gasteiger partial charge on any atom is -0.461 e. The van der Waals surface area contributed by atoms with E-state index in [1.165, 1.54) is 19.3 Å². The van der Waals surface area contributed by atoms with Crippen molar-refractivity contribution in [3.05, 3.63) is 24.0 Å². The maximum atomic E-state index is 12.4. The van der Waals surface area contributed by atoms with Crippen LogP contribution in [0.2, 0.25) is 0 Å². The van der Waals surface area contributed by atoms with Crippen molar-refractivity contribution in [1.82, 2.24) is 4.98 Å². The molecule has 4 heteroatoms. The summed E-state index contributed by atoms with van der Waals surface area (Å²) in [6.07, 6.45) is 6.37. The number of anilines is 1. The zero-order valence-corrected chi connectivity index (χ0v) is 15.6. The number of carbonyl (C=O) groups is 1. The maximum Gasteiger partial charge on any atom is 0.359 e. The summed E-state index contributed by atoms with van der Waals surface area (Å²) in [6, 6.07) is 4.32. The van der Waals surface area contributed by atoms with Gasteiger partial charge in [0.2, 0.25) is 0 Å². The number of hydrogen-bond donors (Lipinski definition) is 0. The fourth-order valence-corrected chi connectivity index (χ4v) is 5.48. The topological polar surface area (TPSA) is 42.4 Å². The Morgan fingerprint density at radius 3 is 2.79 bits per heavy atom. The van der Waals surface area contributed by atoms with Gasteiger partial charge in [0.1, 0.15) is 0 Å². The molecule has 0 aromatic carbocycles. The molecule has 1 heterocycles. The first kappa shape index (κ1) is 17.2. The predicted molar refractivity (Wildman–Crippen MR) is 96.2 cm³/mol. The predicted octanol–water partition coefficient (Wildman–Crippen LogP) is 4.30. The van der Waals surface area contributed by atoms with E-state index in [4.69, 9.17) is 4.74 Å². The summed E-state index contributed by atoms with van der Waals surface area (Å²) in [5.74, 6) is 0.451. The highest BCUT2D eigenvalue weighted by atomic mass is 16.5. The zero-order valence-electron chi connectivity index (χ0n) is 15.6. The van der Waals surface area contributed by atoms with Crippen molar-refractivity contribution in [2.45, 2.75) is 59.4 Å². The normalized spacial score (nSPS) is 30.4. The van der Waals surface area contributed by atoms with Crippen LogP contribution in [0.1, 0.15) is 63.9 Å². The van der Waals surface area contributed by atoms with Gasteiger partial charge in [-0.2, -0.15) is 0 Å². The van der Waals surface area contributed by atoms with Crippen molar-refractivity contribution in [3.8, 4) is 0 Å². The van der Waals surface area contributed by atoms with Gasteiger partial charge in [0.15, 0.2) is 5.69 Å². The van der Waals surface area contributed by atoms with Crippen LogP contribution in [0.25, 0.3) is 0 Å². The Kier molecular flexibility index (Phi) is 4.35. The monoisotopic (exact) mass is 330 g/mol. The van der Waals surface area contributed by atoms with E-state index in [9.17, 15) is 4.79 Å². The number of esters is 1. The highest BCUT2D eigenvalue weighted by Gasteiger charge is 2.60. The lowest BCUT2D eigenvalue weighted by molar-refractivity contribution is 0.0497. The fraction of sp³-hybridized carbons (Fsp3) is 0.700. The van der Waals surface area contributed by atoms with E-state index in [0.717, 1.165) is 18.0 Å². The summed E-state index contributed by atoms with van der Waals surface area (Å²) in [6.45, 7) is 9.61. The van der Waals surface area contributed by atoms with E-state index in [0.29, 0.717) is 23.8 Å². The van der Waals surface area contributed by atoms with Crippen molar-refractivity contribution >= 4 is 11.7 Å². The van der Waals surface area contributed by atoms with Crippen LogP contribution in [-0.4, -0.2) is 30.6 Å². The van der Waals surface area contributed by atoms with E-state index in [-0.39, 0.29) is 11.4 Å². The second-order valence-electron chi connectivity index (χ2n) is 8.44. The molecule has 0 N–H and O–H groups in total. The molecule has 2 aliphatic carbocycles. The lowest BCUT2D eigenvalue weighted by atomic mass is 9.67. The Morgan fingerprint density at radius 2 is 2.17 bits per heavy atom. The van der Waals surface area contributed by atoms with Crippen LogP contribution in [0.3, 0.4) is 0 Å². The summed E-state index contributed by atoms with van der Waals surface area (Å²) >= 11 is 0. The van der Waals surface area contributed by atoms with Crippen molar-refractivity contribution in [2.24, 2.45) is 16.7 Å². The number of nitrogens with zero attached hydrogens (tertiary/aromatic N) is 2. The molecule has 3 rings (SSSR count). The lowest BCUT2D eigenvalue weighted by Crippen LogP contribution is -2.51. The number of ether oxygens (including phenoxy) is 1. The second-order valence-corrected chi connectivity index (χ2v) is 8.44. The summed E-state index contributed by atoms with van der Waals surface area (Å²) in [5.41, 5.74) is 1.88. The Bertz CT molecular complexity index is 623. The molecular formula is C20H30N2O2. The average Bonchev–Trinajstić information content (AvgIpc) is 3.03. The minimum absolute atomic E-state index is 0.238. The molecular weight excluding hydrogens is 300 g/mol. The lowest BCUT2D eigenvalue weighted by Gasteiger charge is -2.48. The quantitative estimate of drug-likeness (QED) is 0.755. The van der Waals surface area contributed by atoms with Gasteiger partial charge in [-0.1, -0.05) is 27.7 Å². The molecule has 2 bridgehead atoms. The van der Waals surface area contributed by atoms with Crippen LogP contribution in [0, 0.1) is 16.7 Å². The summed E-state index contributed by atoms with van der Waals surface area (Å²) in [5, 5.41) is 0. The molecule has 2 aliphatic rings. The van der Waals surface area contributed by atoms with Gasteiger partial charge in [-0.25, -0.2) is 9.78 Å². The first-order valence-corrected chi connectivity index (χ1v) is 9.16. The van der Waals surface area contributed by atoms with Crippen LogP contribution in [-0.2, 0) is 4.74 Å². The number of carbonyl (C=O) groups excluding carboxylic acids is 1. The average molecular weight is 330 g/mol. The number of aromatic nitrogens is 1. The highest BCUT2D eigenvalue weighted by Crippen LogP contribution is 2.64. The van der Waals surface area contributed by atoms with Gasteiger partial charge in [0, 0.05) is 19.3 Å². The van der Waals surface area contributed by atoms with Gasteiger partial charge in [-0.05, 0) is 54.6 Å². The minimum atomic E-state index is -0.314. The smallest absolute Gasteiger partial charge is 0.359 e. The number of pyridine rings is 1. The van der Waals surface area contributed by atoms with E-state index in [2.05, 4.69) is 37.7 Å². The van der Waals surface area contributed by atoms with Crippen molar-refractivity contribution in [2.75, 3.05) is 18.6 Å². The van der Waals surface area contributed by atoms with Gasteiger partial charge in [-0.15, -0.1) is 0 Å². The molecule has 0 amide bonds. The third-order valence-electron chi connectivity index (χ3n) is 6.38. The summed E-state index contributed by atoms with van der Waals surface area (Å²) in [4.78, 5) is 19.1. The number of fused-ring (bicyclic) bond motifs is 2. The van der Waals surface area contributed by atoms with E-state index < -0.39 is 0 Å². The molecule has 3 atom stereocenters. The molecule has 0 spiro atoms. The van der Waals surface area contributed by atoms with Crippen LogP contribution in [0.4, 0.5) is 5.69 Å². The van der Waals surface area contributed by atoms with Crippen LogP contribution in [0.15, 0.2) is 18.3 Å². The van der Waals surface area contributed by atoms with Gasteiger partial charge >= 0.3 is 5.97 Å². The fourth-order valence-electron chi connectivity index (χ4n) is 5.48. The third-order valence-corrected chi connectivity index (χ3v) is 6.38. The van der Waals surface area contributed by atoms with E-state index >= 15 is 0 Å². The van der Waals surface area contributed by atoms with Gasteiger partial charge in [0.25, 0.3) is 0 Å². The second kappa shape index (κ2) is 6.05. The molecule has 1 aromatic heterocycles. The first-order chi connectivity index (χ1) is 11.3. The Hall–Kier alpha value is -1.58. The maximum absolute atomic E-state index is 12.4. The summed E-state index contributed by atoms with van der Waals surface area (Å²) in [7, 11) is 2.12. The summed E-state index contributed by atoms with van der Waals surface area (Å²) < 4.78 is 5.34. The van der Waals surface area contributed by atoms with Gasteiger partial charge < -0.3 is 9.64 Å². The Balaban J connectivity index is 1.93. The molecule has 0 saturated heterocycles. The van der Waals surface area contributed by atoms with Crippen LogP contribution in [0.5, 0.6) is 0 Å². The molecule has 0 aliphatic heterocycles. The first-order valence-electron chi connectivity index (χ1n) is 9.16. The van der Waals surface area contributed by atoms with Crippen molar-refractivity contribution in [1.29, 1.82) is 0 Å². The van der Waals surface area contributed by atoms with Crippen molar-refractivity contribution in [3.63, 3.8) is 0 Å². The molecule has 132 valence electrons. The molecule has 4 nitrogen and oxygen atoms in total. The molecule has 2 saturated carbocycles. The number of rotatable bonds is 5. The zero-order chi connectivity index (χ0) is 17.5. The third kappa shape index (κ3) is 2.60. The molecule has 2 fully saturated rings. The van der Waals surface area contributed by atoms with Crippen LogP contribution < -0.4 is 4.90 Å². The standard InChI is InChI=1S/C20H30N2O2/c1-6-12-24-17(23)16-15(8-7-11-21-16)22(5)18-19(2,3)14-9-10-20(18,4)13-14/h7-8,11,14,18H,6,9-10,12-13H2,1-5H3. The molecule has 24 heavy (non-hydrogen) atoms. The van der Waals surface area contributed by atoms with E-state index in [1.807, 2.05) is 19.1 Å². The highest BCUT2D eigenvalue weighted by molar-refractivity contribution is 5.93. The molecule has 3 unspecified atom stereocenters. The number of hydrogen-bond acceptors (Lipinski definition) is 4. The largest absolute Gasteiger partial charge is 0.461 e. The van der Waals surface area contributed by atoms with Crippen LogP contribution >= 0.6 is 0 Å². The van der Waals surface area contributed by atoms with Gasteiger partial charge in [-0.3, -0.25) is 0 Å². The van der Waals surface area contributed by atoms with Gasteiger partial charge in [0.05, 0.1) is 12.3 Å².